The van der Waals surface area contributed by atoms with Crippen molar-refractivity contribution < 1.29 is 13.2 Å². The molecule has 12 heteroatoms. The van der Waals surface area contributed by atoms with Gasteiger partial charge in [-0.2, -0.15) is 10.1 Å². The van der Waals surface area contributed by atoms with Crippen LogP contribution in [0.1, 0.15) is 44.7 Å². The summed E-state index contributed by atoms with van der Waals surface area (Å²) in [7, 11) is -1.95. The van der Waals surface area contributed by atoms with E-state index in [1.165, 1.54) is 16.4 Å². The van der Waals surface area contributed by atoms with Gasteiger partial charge < -0.3 is 20.7 Å². The third kappa shape index (κ3) is 6.34. The molecule has 0 unspecified atom stereocenters. The highest BCUT2D eigenvalue weighted by atomic mass is 35.5. The number of hydrogen-bond donors (Lipinski definition) is 3. The minimum absolute atomic E-state index is 0.0178. The van der Waals surface area contributed by atoms with E-state index in [0.29, 0.717) is 17.4 Å². The van der Waals surface area contributed by atoms with E-state index < -0.39 is 9.84 Å². The molecule has 0 spiro atoms. The van der Waals surface area contributed by atoms with E-state index in [1.54, 1.807) is 13.2 Å². The molecular weight excluding hydrogens is 514 g/mol. The lowest BCUT2D eigenvalue weighted by molar-refractivity contribution is 0.243. The maximum atomic E-state index is 12.9. The maximum Gasteiger partial charge on any atom is 0.229 e. The molecule has 0 radical (unpaired) electrons. The van der Waals surface area contributed by atoms with Crippen molar-refractivity contribution in [2.45, 2.75) is 51.7 Å². The topological polar surface area (TPSA) is 123 Å². The van der Waals surface area contributed by atoms with E-state index in [-0.39, 0.29) is 39.6 Å². The molecule has 0 bridgehead atoms. The molecule has 3 aromatic rings. The highest BCUT2D eigenvalue weighted by Crippen LogP contribution is 2.36. The molecule has 4 rings (SSSR count). The second-order valence-corrected chi connectivity index (χ2v) is 12.4. The Morgan fingerprint density at radius 2 is 1.92 bits per heavy atom. The quantitative estimate of drug-likeness (QED) is 0.335. The number of benzene rings is 1. The van der Waals surface area contributed by atoms with Crippen LogP contribution in [0, 0.1) is 12.8 Å². The van der Waals surface area contributed by atoms with Crippen molar-refractivity contribution in [3.63, 3.8) is 0 Å². The average molecular weight is 548 g/mol. The molecular formula is C25H34ClN7O3S. The fourth-order valence-corrected chi connectivity index (χ4v) is 6.03. The van der Waals surface area contributed by atoms with Crippen molar-refractivity contribution in [3.8, 4) is 5.75 Å². The molecule has 0 amide bonds. The van der Waals surface area contributed by atoms with Gasteiger partial charge in [0.25, 0.3) is 0 Å². The Morgan fingerprint density at radius 3 is 2.54 bits per heavy atom. The van der Waals surface area contributed by atoms with Gasteiger partial charge >= 0.3 is 0 Å². The summed E-state index contributed by atoms with van der Waals surface area (Å²) in [4.78, 5) is 8.86. The summed E-state index contributed by atoms with van der Waals surface area (Å²) >= 11 is 6.39. The third-order valence-electron chi connectivity index (χ3n) is 5.84. The monoisotopic (exact) mass is 547 g/mol. The summed E-state index contributed by atoms with van der Waals surface area (Å²) in [5.74, 6) is 1.66. The van der Waals surface area contributed by atoms with Gasteiger partial charge in [-0.3, -0.25) is 4.68 Å². The number of aromatic nitrogens is 4. The number of anilines is 4. The Morgan fingerprint density at radius 1 is 1.19 bits per heavy atom. The largest absolute Gasteiger partial charge is 0.489 e. The van der Waals surface area contributed by atoms with Crippen LogP contribution in [0.25, 0.3) is 0 Å². The molecule has 1 aromatic carbocycles. The van der Waals surface area contributed by atoms with Crippen LogP contribution < -0.4 is 20.7 Å². The normalized spacial score (nSPS) is 14.2. The first-order chi connectivity index (χ1) is 17.4. The number of nitrogens with one attached hydrogen (secondary N) is 3. The Bertz CT molecular complexity index is 1390. The first-order valence-electron chi connectivity index (χ1n) is 12.3. The van der Waals surface area contributed by atoms with E-state index >= 15 is 0 Å². The van der Waals surface area contributed by atoms with Crippen molar-refractivity contribution in [2.24, 2.45) is 13.0 Å². The average Bonchev–Trinajstić information content (AvgIpc) is 3.12. The molecule has 0 aliphatic carbocycles. The van der Waals surface area contributed by atoms with Gasteiger partial charge in [0.1, 0.15) is 10.8 Å². The fourth-order valence-electron chi connectivity index (χ4n) is 4.17. The van der Waals surface area contributed by atoms with Gasteiger partial charge in [0.05, 0.1) is 29.4 Å². The number of nitrogens with zero attached hydrogens (tertiary/aromatic N) is 4. The molecule has 1 fully saturated rings. The standard InChI is InChI=1S/C25H34ClN7O3S/c1-14(2)13-37(34,35)24-21(12-33(6)32-24)29-23-19(26)11-28-25(31-23)30-20-7-16(5)18(17-9-27-10-17)8-22(20)36-15(3)4/h7-8,11-12,14-15,17,27H,9-10,13H2,1-6H3,(H2,28,29,30,31). The Hall–Kier alpha value is -2.89. The van der Waals surface area contributed by atoms with E-state index in [1.807, 2.05) is 33.8 Å². The third-order valence-corrected chi connectivity index (χ3v) is 8.11. The van der Waals surface area contributed by atoms with Crippen molar-refractivity contribution in [2.75, 3.05) is 29.5 Å². The Kier molecular flexibility index (Phi) is 7.96. The number of halogens is 1. The molecule has 1 aliphatic rings. The predicted octanol–water partition coefficient (Wildman–Crippen LogP) is 4.56. The summed E-state index contributed by atoms with van der Waals surface area (Å²) in [6, 6.07) is 4.12. The Balaban J connectivity index is 1.65. The molecule has 37 heavy (non-hydrogen) atoms. The van der Waals surface area contributed by atoms with Crippen molar-refractivity contribution in [1.82, 2.24) is 25.1 Å². The minimum atomic E-state index is -3.61. The van der Waals surface area contributed by atoms with Crippen LogP contribution in [0.15, 0.2) is 29.6 Å². The van der Waals surface area contributed by atoms with Gasteiger partial charge in [-0.05, 0) is 49.9 Å². The summed E-state index contributed by atoms with van der Waals surface area (Å²) in [5.41, 5.74) is 3.43. The molecule has 0 atom stereocenters. The van der Waals surface area contributed by atoms with Gasteiger partial charge in [-0.25, -0.2) is 13.4 Å². The van der Waals surface area contributed by atoms with Crippen LogP contribution >= 0.6 is 11.6 Å². The van der Waals surface area contributed by atoms with E-state index in [9.17, 15) is 8.42 Å². The van der Waals surface area contributed by atoms with Gasteiger partial charge in [0, 0.05) is 32.3 Å². The molecule has 3 heterocycles. The van der Waals surface area contributed by atoms with Crippen LogP contribution in [-0.4, -0.2) is 53.1 Å². The van der Waals surface area contributed by atoms with Crippen LogP contribution in [0.5, 0.6) is 5.75 Å². The van der Waals surface area contributed by atoms with Crippen LogP contribution in [0.3, 0.4) is 0 Å². The molecule has 2 aromatic heterocycles. The highest BCUT2D eigenvalue weighted by Gasteiger charge is 2.26. The number of ether oxygens (including phenoxy) is 1. The van der Waals surface area contributed by atoms with E-state index in [0.717, 1.165) is 24.3 Å². The molecule has 0 saturated carbocycles. The van der Waals surface area contributed by atoms with Gasteiger partial charge in [0.2, 0.25) is 11.0 Å². The first-order valence-corrected chi connectivity index (χ1v) is 14.3. The second-order valence-electron chi connectivity index (χ2n) is 10.1. The molecule has 200 valence electrons. The van der Waals surface area contributed by atoms with Gasteiger partial charge in [-0.15, -0.1) is 0 Å². The predicted molar refractivity (Wildman–Crippen MR) is 146 cm³/mol. The van der Waals surface area contributed by atoms with E-state index in [4.69, 9.17) is 16.3 Å². The minimum Gasteiger partial charge on any atom is -0.489 e. The lowest BCUT2D eigenvalue weighted by Crippen LogP contribution is -2.40. The van der Waals surface area contributed by atoms with Crippen LogP contribution in [0.4, 0.5) is 23.1 Å². The van der Waals surface area contributed by atoms with Crippen molar-refractivity contribution in [3.05, 3.63) is 40.7 Å². The maximum absolute atomic E-state index is 12.9. The first kappa shape index (κ1) is 27.2. The number of hydrogen-bond acceptors (Lipinski definition) is 9. The fraction of sp³-hybridized carbons (Fsp3) is 0.480. The summed E-state index contributed by atoms with van der Waals surface area (Å²) in [6.45, 7) is 11.6. The van der Waals surface area contributed by atoms with E-state index in [2.05, 4.69) is 44.0 Å². The second kappa shape index (κ2) is 10.8. The number of sulfone groups is 1. The van der Waals surface area contributed by atoms with Crippen LogP contribution in [0.2, 0.25) is 5.02 Å². The van der Waals surface area contributed by atoms with Gasteiger partial charge in [-0.1, -0.05) is 25.4 Å². The van der Waals surface area contributed by atoms with Crippen molar-refractivity contribution >= 4 is 44.6 Å². The SMILES string of the molecule is Cc1cc(Nc2ncc(Cl)c(Nc3cn(C)nc3S(=O)(=O)CC(C)C)n2)c(OC(C)C)cc1C1CNC1. The van der Waals surface area contributed by atoms with Crippen LogP contribution in [-0.2, 0) is 16.9 Å². The number of rotatable bonds is 10. The zero-order chi connectivity index (χ0) is 26.9. The summed E-state index contributed by atoms with van der Waals surface area (Å²) in [5, 5.41) is 14.0. The lowest BCUT2D eigenvalue weighted by Gasteiger charge is -2.30. The Labute approximate surface area is 223 Å². The number of aryl methyl sites for hydroxylation is 2. The van der Waals surface area contributed by atoms with Gasteiger partial charge in [0.15, 0.2) is 15.7 Å². The molecule has 3 N–H and O–H groups in total. The highest BCUT2D eigenvalue weighted by molar-refractivity contribution is 7.91. The molecule has 1 saturated heterocycles. The molecule has 1 aliphatic heterocycles. The lowest BCUT2D eigenvalue weighted by atomic mass is 9.89. The van der Waals surface area contributed by atoms with Crippen molar-refractivity contribution in [1.29, 1.82) is 0 Å². The summed E-state index contributed by atoms with van der Waals surface area (Å²) in [6.07, 6.45) is 3.03. The zero-order valence-corrected chi connectivity index (χ0v) is 23.5. The molecule has 10 nitrogen and oxygen atoms in total. The smallest absolute Gasteiger partial charge is 0.229 e. The zero-order valence-electron chi connectivity index (χ0n) is 22.0. The summed E-state index contributed by atoms with van der Waals surface area (Å²) < 4.78 is 33.4.